The zero-order chi connectivity index (χ0) is 24.4. The van der Waals surface area contributed by atoms with Gasteiger partial charge < -0.3 is 10.6 Å². The first-order valence-electron chi connectivity index (χ1n) is 13.8. The first kappa shape index (κ1) is 28.4. The lowest BCUT2D eigenvalue weighted by molar-refractivity contribution is 0.365. The molecule has 8 heteroatoms. The Bertz CT molecular complexity index is 741. The number of hydrogen-bond acceptors (Lipinski definition) is 6. The van der Waals surface area contributed by atoms with Crippen LogP contribution in [-0.2, 0) is 25.9 Å². The van der Waals surface area contributed by atoms with Crippen molar-refractivity contribution in [3.63, 3.8) is 0 Å². The van der Waals surface area contributed by atoms with E-state index in [0.717, 1.165) is 69.9 Å². The Morgan fingerprint density at radius 2 is 1.38 bits per heavy atom. The summed E-state index contributed by atoms with van der Waals surface area (Å²) in [6.45, 7) is 15.3. The highest BCUT2D eigenvalue weighted by Crippen LogP contribution is 2.14. The number of rotatable bonds is 21. The summed E-state index contributed by atoms with van der Waals surface area (Å²) in [5.41, 5.74) is 2.26. The molecule has 0 aliphatic rings. The van der Waals surface area contributed by atoms with E-state index >= 15 is 0 Å². The van der Waals surface area contributed by atoms with Crippen molar-refractivity contribution in [3.8, 4) is 0 Å². The molecular formula is C26H50N8. The molecule has 8 nitrogen and oxygen atoms in total. The molecule has 0 saturated heterocycles. The van der Waals surface area contributed by atoms with Crippen LogP contribution in [0.5, 0.6) is 0 Å². The topological polar surface area (TPSA) is 85.5 Å². The lowest BCUT2D eigenvalue weighted by Gasteiger charge is -2.16. The van der Waals surface area contributed by atoms with Crippen LogP contribution in [0.15, 0.2) is 12.4 Å². The fraction of sp³-hybridized carbons (Fsp3) is 0.846. The fourth-order valence-electron chi connectivity index (χ4n) is 4.23. The van der Waals surface area contributed by atoms with Gasteiger partial charge in [0.25, 0.3) is 0 Å². The van der Waals surface area contributed by atoms with E-state index in [1.807, 2.05) is 9.36 Å². The quantitative estimate of drug-likeness (QED) is 0.263. The van der Waals surface area contributed by atoms with E-state index in [1.54, 1.807) is 0 Å². The monoisotopic (exact) mass is 474 g/mol. The summed E-state index contributed by atoms with van der Waals surface area (Å²) >= 11 is 0. The molecular weight excluding hydrogens is 424 g/mol. The van der Waals surface area contributed by atoms with Crippen molar-refractivity contribution < 1.29 is 0 Å². The summed E-state index contributed by atoms with van der Waals surface area (Å²) in [7, 11) is 0. The molecule has 0 aliphatic heterocycles. The molecule has 194 valence electrons. The first-order valence-corrected chi connectivity index (χ1v) is 13.8. The summed E-state index contributed by atoms with van der Waals surface area (Å²) in [6, 6.07) is 0. The van der Waals surface area contributed by atoms with Gasteiger partial charge in [0.2, 0.25) is 0 Å². The standard InChI is InChI=1S/C26H50N8/c1-5-18-33-21-25(29-31-33)12-8-7-10-17-28-19-23(3)14-15-24(4)20-34-22-26(30-32-34)13-9-11-16-27-6-2/h21-24,27-28H,5-20H2,1-4H3. The van der Waals surface area contributed by atoms with Crippen LogP contribution in [-0.4, -0.2) is 56.2 Å². The minimum Gasteiger partial charge on any atom is -0.317 e. The van der Waals surface area contributed by atoms with Crippen LogP contribution in [0.25, 0.3) is 0 Å². The summed E-state index contributed by atoms with van der Waals surface area (Å²) in [6.07, 6.45) is 16.0. The van der Waals surface area contributed by atoms with Crippen LogP contribution in [0.2, 0.25) is 0 Å². The van der Waals surface area contributed by atoms with Gasteiger partial charge in [-0.3, -0.25) is 9.36 Å². The van der Waals surface area contributed by atoms with E-state index in [1.165, 1.54) is 44.9 Å². The molecule has 2 atom stereocenters. The minimum atomic E-state index is 0.626. The maximum atomic E-state index is 4.35. The van der Waals surface area contributed by atoms with Gasteiger partial charge in [0.15, 0.2) is 0 Å². The van der Waals surface area contributed by atoms with Crippen molar-refractivity contribution in [1.82, 2.24) is 40.6 Å². The third-order valence-corrected chi connectivity index (χ3v) is 6.34. The third kappa shape index (κ3) is 12.6. The highest BCUT2D eigenvalue weighted by Gasteiger charge is 2.09. The molecule has 0 fully saturated rings. The molecule has 2 aromatic heterocycles. The average molecular weight is 475 g/mol. The van der Waals surface area contributed by atoms with Gasteiger partial charge in [0.1, 0.15) is 0 Å². The second-order valence-corrected chi connectivity index (χ2v) is 10.0. The molecule has 0 aromatic carbocycles. The SMILES string of the molecule is CCCn1cc(CCCCCNCC(C)CCC(C)Cn2cc(CCCCNCC)nn2)nn1. The van der Waals surface area contributed by atoms with Gasteiger partial charge in [-0.05, 0) is 95.8 Å². The Morgan fingerprint density at radius 3 is 2.12 bits per heavy atom. The van der Waals surface area contributed by atoms with Crippen molar-refractivity contribution in [2.24, 2.45) is 11.8 Å². The van der Waals surface area contributed by atoms with Gasteiger partial charge in [-0.25, -0.2) is 0 Å². The summed E-state index contributed by atoms with van der Waals surface area (Å²) in [5, 5.41) is 24.1. The Morgan fingerprint density at radius 1 is 0.765 bits per heavy atom. The number of unbranched alkanes of at least 4 members (excludes halogenated alkanes) is 3. The molecule has 0 saturated carbocycles. The van der Waals surface area contributed by atoms with Crippen molar-refractivity contribution >= 4 is 0 Å². The molecule has 2 aromatic rings. The molecule has 0 amide bonds. The Balaban J connectivity index is 1.45. The maximum Gasteiger partial charge on any atom is 0.0827 e. The first-order chi connectivity index (χ1) is 16.6. The molecule has 0 aliphatic carbocycles. The van der Waals surface area contributed by atoms with Crippen molar-refractivity contribution in [2.45, 2.75) is 105 Å². The lowest BCUT2D eigenvalue weighted by Crippen LogP contribution is -2.23. The Kier molecular flexibility index (Phi) is 14.7. The average Bonchev–Trinajstić information content (AvgIpc) is 3.46. The summed E-state index contributed by atoms with van der Waals surface area (Å²) in [5.74, 6) is 1.33. The zero-order valence-corrected chi connectivity index (χ0v) is 22.3. The van der Waals surface area contributed by atoms with Crippen LogP contribution in [0.4, 0.5) is 0 Å². The van der Waals surface area contributed by atoms with E-state index in [-0.39, 0.29) is 0 Å². The summed E-state index contributed by atoms with van der Waals surface area (Å²) < 4.78 is 3.99. The van der Waals surface area contributed by atoms with Gasteiger partial charge >= 0.3 is 0 Å². The molecule has 0 radical (unpaired) electrons. The van der Waals surface area contributed by atoms with Crippen molar-refractivity contribution in [3.05, 3.63) is 23.8 Å². The molecule has 2 heterocycles. The van der Waals surface area contributed by atoms with E-state index in [0.29, 0.717) is 11.8 Å². The maximum absolute atomic E-state index is 4.35. The van der Waals surface area contributed by atoms with E-state index in [2.05, 4.69) is 71.3 Å². The highest BCUT2D eigenvalue weighted by molar-refractivity contribution is 4.93. The fourth-order valence-corrected chi connectivity index (χ4v) is 4.23. The second-order valence-electron chi connectivity index (χ2n) is 10.0. The molecule has 34 heavy (non-hydrogen) atoms. The molecule has 2 rings (SSSR count). The number of hydrogen-bond donors (Lipinski definition) is 2. The Labute approximate surface area is 207 Å². The van der Waals surface area contributed by atoms with Crippen LogP contribution in [0.1, 0.15) is 90.4 Å². The zero-order valence-electron chi connectivity index (χ0n) is 22.3. The largest absolute Gasteiger partial charge is 0.317 e. The number of aromatic nitrogens is 6. The number of nitrogens with one attached hydrogen (secondary N) is 2. The second kappa shape index (κ2) is 17.6. The van der Waals surface area contributed by atoms with Crippen molar-refractivity contribution in [2.75, 3.05) is 26.2 Å². The van der Waals surface area contributed by atoms with Gasteiger partial charge in [-0.2, -0.15) is 0 Å². The van der Waals surface area contributed by atoms with Gasteiger partial charge in [-0.1, -0.05) is 44.5 Å². The lowest BCUT2D eigenvalue weighted by atomic mass is 9.98. The Hall–Kier alpha value is -1.80. The van der Waals surface area contributed by atoms with Crippen molar-refractivity contribution in [1.29, 1.82) is 0 Å². The van der Waals surface area contributed by atoms with E-state index < -0.39 is 0 Å². The minimum absolute atomic E-state index is 0.626. The number of aryl methyl sites for hydroxylation is 3. The third-order valence-electron chi connectivity index (χ3n) is 6.34. The highest BCUT2D eigenvalue weighted by atomic mass is 15.4. The predicted molar refractivity (Wildman–Crippen MR) is 140 cm³/mol. The van der Waals surface area contributed by atoms with Crippen LogP contribution in [0, 0.1) is 11.8 Å². The molecule has 0 bridgehead atoms. The molecule has 2 N–H and O–H groups in total. The molecule has 0 spiro atoms. The summed E-state index contributed by atoms with van der Waals surface area (Å²) in [4.78, 5) is 0. The van der Waals surface area contributed by atoms with Crippen LogP contribution < -0.4 is 10.6 Å². The van der Waals surface area contributed by atoms with E-state index in [4.69, 9.17) is 0 Å². The van der Waals surface area contributed by atoms with E-state index in [9.17, 15) is 0 Å². The van der Waals surface area contributed by atoms with Crippen LogP contribution in [0.3, 0.4) is 0 Å². The van der Waals surface area contributed by atoms with Gasteiger partial charge in [0.05, 0.1) is 11.4 Å². The number of nitrogens with zero attached hydrogens (tertiary/aromatic N) is 6. The van der Waals surface area contributed by atoms with Gasteiger partial charge in [0, 0.05) is 25.5 Å². The van der Waals surface area contributed by atoms with Crippen LogP contribution >= 0.6 is 0 Å². The smallest absolute Gasteiger partial charge is 0.0827 e. The van der Waals surface area contributed by atoms with Gasteiger partial charge in [-0.15, -0.1) is 10.2 Å². The molecule has 2 unspecified atom stereocenters. The predicted octanol–water partition coefficient (Wildman–Crippen LogP) is 4.27. The normalized spacial score (nSPS) is 13.4.